The van der Waals surface area contributed by atoms with Crippen molar-refractivity contribution < 1.29 is 9.47 Å². The van der Waals surface area contributed by atoms with Crippen LogP contribution in [0, 0.1) is 0 Å². The van der Waals surface area contributed by atoms with E-state index in [9.17, 15) is 4.79 Å². The number of methoxy groups -OCH3 is 1. The highest BCUT2D eigenvalue weighted by molar-refractivity contribution is 9.10. The standard InChI is InChI=1S/C12H20BrN3O3/c1-3-5-16-12(17)11(13)10(9-15-16)14-4-6-19-8-7-18-2/h9,14H,3-8H2,1-2H3. The average molecular weight is 334 g/mol. The van der Waals surface area contributed by atoms with E-state index < -0.39 is 0 Å². The van der Waals surface area contributed by atoms with Gasteiger partial charge in [0, 0.05) is 20.2 Å². The smallest absolute Gasteiger partial charge is 0.283 e. The van der Waals surface area contributed by atoms with Gasteiger partial charge in [0.25, 0.3) is 5.56 Å². The summed E-state index contributed by atoms with van der Waals surface area (Å²) in [5.74, 6) is 0. The van der Waals surface area contributed by atoms with Crippen LogP contribution in [0.15, 0.2) is 15.5 Å². The summed E-state index contributed by atoms with van der Waals surface area (Å²) >= 11 is 3.30. The summed E-state index contributed by atoms with van der Waals surface area (Å²) in [6.07, 6.45) is 2.52. The zero-order chi connectivity index (χ0) is 14.1. The number of ether oxygens (including phenoxy) is 2. The van der Waals surface area contributed by atoms with Gasteiger partial charge in [0.05, 0.1) is 31.7 Å². The molecule has 0 saturated heterocycles. The Balaban J connectivity index is 2.46. The van der Waals surface area contributed by atoms with Crippen molar-refractivity contribution in [1.82, 2.24) is 9.78 Å². The summed E-state index contributed by atoms with van der Waals surface area (Å²) in [6, 6.07) is 0. The van der Waals surface area contributed by atoms with E-state index in [-0.39, 0.29) is 5.56 Å². The van der Waals surface area contributed by atoms with Crippen LogP contribution in [0.1, 0.15) is 13.3 Å². The molecule has 1 aromatic heterocycles. The first-order valence-electron chi connectivity index (χ1n) is 6.26. The van der Waals surface area contributed by atoms with E-state index in [1.165, 1.54) is 4.68 Å². The van der Waals surface area contributed by atoms with Crippen LogP contribution in [-0.2, 0) is 16.0 Å². The Bertz CT molecular complexity index is 437. The lowest BCUT2D eigenvalue weighted by atomic mass is 10.4. The van der Waals surface area contributed by atoms with Gasteiger partial charge in [-0.25, -0.2) is 4.68 Å². The van der Waals surface area contributed by atoms with Crippen LogP contribution in [0.4, 0.5) is 5.69 Å². The zero-order valence-electron chi connectivity index (χ0n) is 11.3. The van der Waals surface area contributed by atoms with Crippen LogP contribution in [0.2, 0.25) is 0 Å². The summed E-state index contributed by atoms with van der Waals surface area (Å²) in [6.45, 7) is 4.94. The van der Waals surface area contributed by atoms with Gasteiger partial charge in [0.2, 0.25) is 0 Å². The Labute approximate surface area is 121 Å². The molecule has 1 N–H and O–H groups in total. The Kier molecular flexibility index (Phi) is 7.69. The Morgan fingerprint density at radius 3 is 2.89 bits per heavy atom. The minimum Gasteiger partial charge on any atom is -0.382 e. The first kappa shape index (κ1) is 16.1. The predicted octanol–water partition coefficient (Wildman–Crippen LogP) is 1.49. The van der Waals surface area contributed by atoms with Crippen LogP contribution in [0.5, 0.6) is 0 Å². The quantitative estimate of drug-likeness (QED) is 0.693. The van der Waals surface area contributed by atoms with Crippen molar-refractivity contribution in [2.24, 2.45) is 0 Å². The molecule has 0 amide bonds. The molecular weight excluding hydrogens is 314 g/mol. The van der Waals surface area contributed by atoms with Gasteiger partial charge in [-0.1, -0.05) is 6.92 Å². The zero-order valence-corrected chi connectivity index (χ0v) is 12.9. The van der Waals surface area contributed by atoms with Crippen LogP contribution in [0.25, 0.3) is 0 Å². The highest BCUT2D eigenvalue weighted by atomic mass is 79.9. The fourth-order valence-electron chi connectivity index (χ4n) is 1.46. The SMILES string of the molecule is CCCn1ncc(NCCOCCOC)c(Br)c1=O. The number of rotatable bonds is 9. The van der Waals surface area contributed by atoms with Crippen molar-refractivity contribution in [2.75, 3.05) is 38.8 Å². The van der Waals surface area contributed by atoms with Crippen LogP contribution >= 0.6 is 15.9 Å². The van der Waals surface area contributed by atoms with Gasteiger partial charge < -0.3 is 14.8 Å². The summed E-state index contributed by atoms with van der Waals surface area (Å²) in [5, 5.41) is 7.22. The second kappa shape index (κ2) is 9.06. The summed E-state index contributed by atoms with van der Waals surface area (Å²) in [5.41, 5.74) is 0.569. The molecule has 0 bridgehead atoms. The molecule has 0 unspecified atom stereocenters. The molecule has 0 fully saturated rings. The molecular formula is C12H20BrN3O3. The maximum Gasteiger partial charge on any atom is 0.283 e. The van der Waals surface area contributed by atoms with Crippen LogP contribution in [-0.4, -0.2) is 43.3 Å². The van der Waals surface area contributed by atoms with Gasteiger partial charge in [-0.05, 0) is 22.4 Å². The van der Waals surface area contributed by atoms with Crippen molar-refractivity contribution in [3.8, 4) is 0 Å². The second-order valence-corrected chi connectivity index (χ2v) is 4.73. The fourth-order valence-corrected chi connectivity index (χ4v) is 1.91. The molecule has 1 aromatic rings. The van der Waals surface area contributed by atoms with E-state index in [4.69, 9.17) is 9.47 Å². The molecule has 0 aliphatic heterocycles. The monoisotopic (exact) mass is 333 g/mol. The summed E-state index contributed by atoms with van der Waals surface area (Å²) < 4.78 is 12.1. The molecule has 1 heterocycles. The molecule has 0 aliphatic rings. The van der Waals surface area contributed by atoms with Gasteiger partial charge in [-0.15, -0.1) is 0 Å². The maximum atomic E-state index is 11.9. The largest absolute Gasteiger partial charge is 0.382 e. The molecule has 19 heavy (non-hydrogen) atoms. The number of anilines is 1. The van der Waals surface area contributed by atoms with Gasteiger partial charge in [-0.3, -0.25) is 4.79 Å². The fraction of sp³-hybridized carbons (Fsp3) is 0.667. The third kappa shape index (κ3) is 5.30. The van der Waals surface area contributed by atoms with E-state index in [0.29, 0.717) is 43.1 Å². The molecule has 0 atom stereocenters. The molecule has 1 rings (SSSR count). The third-order valence-electron chi connectivity index (χ3n) is 2.41. The molecule has 0 saturated carbocycles. The third-order valence-corrected chi connectivity index (χ3v) is 3.18. The molecule has 0 aliphatic carbocycles. The highest BCUT2D eigenvalue weighted by Gasteiger charge is 2.07. The van der Waals surface area contributed by atoms with Gasteiger partial charge in [0.1, 0.15) is 4.47 Å². The first-order chi connectivity index (χ1) is 9.20. The lowest BCUT2D eigenvalue weighted by molar-refractivity contribution is 0.0759. The average Bonchev–Trinajstić information content (AvgIpc) is 2.41. The number of halogens is 1. The number of hydrogen-bond acceptors (Lipinski definition) is 5. The predicted molar refractivity (Wildman–Crippen MR) is 77.7 cm³/mol. The van der Waals surface area contributed by atoms with E-state index in [2.05, 4.69) is 26.3 Å². The Hall–Kier alpha value is -0.920. The van der Waals surface area contributed by atoms with Crippen molar-refractivity contribution in [3.05, 3.63) is 21.0 Å². The first-order valence-corrected chi connectivity index (χ1v) is 7.06. The van der Waals surface area contributed by atoms with Crippen molar-refractivity contribution >= 4 is 21.6 Å². The molecule has 0 aromatic carbocycles. The van der Waals surface area contributed by atoms with E-state index in [1.54, 1.807) is 13.3 Å². The van der Waals surface area contributed by atoms with Crippen molar-refractivity contribution in [1.29, 1.82) is 0 Å². The normalized spacial score (nSPS) is 10.7. The lowest BCUT2D eigenvalue weighted by Crippen LogP contribution is -2.25. The number of hydrogen-bond donors (Lipinski definition) is 1. The molecule has 0 radical (unpaired) electrons. The maximum absolute atomic E-state index is 11.9. The van der Waals surface area contributed by atoms with E-state index >= 15 is 0 Å². The van der Waals surface area contributed by atoms with Gasteiger partial charge in [0.15, 0.2) is 0 Å². The Morgan fingerprint density at radius 2 is 2.21 bits per heavy atom. The van der Waals surface area contributed by atoms with Crippen LogP contribution in [0.3, 0.4) is 0 Å². The van der Waals surface area contributed by atoms with E-state index in [0.717, 1.165) is 6.42 Å². The Morgan fingerprint density at radius 1 is 1.42 bits per heavy atom. The number of nitrogens with one attached hydrogen (secondary N) is 1. The van der Waals surface area contributed by atoms with Crippen LogP contribution < -0.4 is 10.9 Å². The number of aryl methyl sites for hydroxylation is 1. The highest BCUT2D eigenvalue weighted by Crippen LogP contribution is 2.15. The summed E-state index contributed by atoms with van der Waals surface area (Å²) in [4.78, 5) is 11.9. The number of nitrogens with zero attached hydrogens (tertiary/aromatic N) is 2. The second-order valence-electron chi connectivity index (χ2n) is 3.93. The molecule has 108 valence electrons. The molecule has 6 nitrogen and oxygen atoms in total. The summed E-state index contributed by atoms with van der Waals surface area (Å²) in [7, 11) is 1.63. The topological polar surface area (TPSA) is 65.4 Å². The minimum absolute atomic E-state index is 0.118. The molecule has 0 spiro atoms. The molecule has 7 heteroatoms. The lowest BCUT2D eigenvalue weighted by Gasteiger charge is -2.10. The van der Waals surface area contributed by atoms with Crippen molar-refractivity contribution in [2.45, 2.75) is 19.9 Å². The van der Waals surface area contributed by atoms with Gasteiger partial charge in [-0.2, -0.15) is 5.10 Å². The van der Waals surface area contributed by atoms with Crippen molar-refractivity contribution in [3.63, 3.8) is 0 Å². The van der Waals surface area contributed by atoms with Gasteiger partial charge >= 0.3 is 0 Å². The van der Waals surface area contributed by atoms with E-state index in [1.807, 2.05) is 6.92 Å². The minimum atomic E-state index is -0.118. The number of aromatic nitrogens is 2.